The van der Waals surface area contributed by atoms with Crippen LogP contribution in [0.1, 0.15) is 12.0 Å². The van der Waals surface area contributed by atoms with Gasteiger partial charge in [-0.2, -0.15) is 20.1 Å². The van der Waals surface area contributed by atoms with E-state index >= 15 is 0 Å². The second-order valence-corrected chi connectivity index (χ2v) is 5.01. The van der Waals surface area contributed by atoms with Crippen molar-refractivity contribution in [1.82, 2.24) is 5.32 Å². The van der Waals surface area contributed by atoms with Crippen LogP contribution in [0.25, 0.3) is 0 Å². The highest BCUT2D eigenvalue weighted by atomic mass is 32.1. The first-order valence-electron chi connectivity index (χ1n) is 5.87. The van der Waals surface area contributed by atoms with Gasteiger partial charge in [-0.1, -0.05) is 0 Å². The number of hydrogen-bond donors (Lipinski definition) is 1. The van der Waals surface area contributed by atoms with Gasteiger partial charge in [0, 0.05) is 6.04 Å². The Morgan fingerprint density at radius 3 is 2.68 bits per heavy atom. The third-order valence-corrected chi connectivity index (χ3v) is 3.43. The summed E-state index contributed by atoms with van der Waals surface area (Å²) in [6.07, 6.45) is -2.19. The zero-order valence-corrected chi connectivity index (χ0v) is 11.4. The van der Waals surface area contributed by atoms with Crippen LogP contribution in [0.4, 0.5) is 17.6 Å². The van der Waals surface area contributed by atoms with Crippen LogP contribution in [0, 0.1) is 0 Å². The van der Waals surface area contributed by atoms with Crippen LogP contribution in [0.5, 0.6) is 0 Å². The molecule has 0 saturated heterocycles. The van der Waals surface area contributed by atoms with E-state index < -0.39 is 19.0 Å². The number of likely N-dealkylation sites (N-methyl/N-ethyl adjacent to an activating group) is 1. The van der Waals surface area contributed by atoms with E-state index in [-0.39, 0.29) is 12.6 Å². The monoisotopic (exact) mass is 299 g/mol. The van der Waals surface area contributed by atoms with Crippen molar-refractivity contribution < 1.29 is 22.3 Å². The van der Waals surface area contributed by atoms with Crippen LogP contribution in [0.15, 0.2) is 16.8 Å². The highest BCUT2D eigenvalue weighted by Gasteiger charge is 2.41. The number of hydrogen-bond acceptors (Lipinski definition) is 3. The molecule has 1 unspecified atom stereocenters. The Hall–Kier alpha value is -0.660. The van der Waals surface area contributed by atoms with E-state index in [9.17, 15) is 17.6 Å². The molecule has 0 saturated carbocycles. The molecule has 0 bridgehead atoms. The molecular weight excluding hydrogens is 282 g/mol. The average Bonchev–Trinajstić information content (AvgIpc) is 2.86. The maximum atomic E-state index is 12.6. The van der Waals surface area contributed by atoms with E-state index in [4.69, 9.17) is 4.74 Å². The van der Waals surface area contributed by atoms with Gasteiger partial charge in [0.2, 0.25) is 0 Å². The van der Waals surface area contributed by atoms with Crippen molar-refractivity contribution in [3.05, 3.63) is 22.4 Å². The molecule has 1 atom stereocenters. The van der Waals surface area contributed by atoms with E-state index in [1.165, 1.54) is 5.56 Å². The molecule has 1 heterocycles. The maximum absolute atomic E-state index is 12.6. The van der Waals surface area contributed by atoms with Gasteiger partial charge in [-0.05, 0) is 42.3 Å². The average molecular weight is 299 g/mol. The predicted molar refractivity (Wildman–Crippen MR) is 67.3 cm³/mol. The molecule has 2 nitrogen and oxygen atoms in total. The molecule has 110 valence electrons. The van der Waals surface area contributed by atoms with Gasteiger partial charge in [0.25, 0.3) is 0 Å². The first-order chi connectivity index (χ1) is 8.95. The fourth-order valence-corrected chi connectivity index (χ4v) is 2.19. The van der Waals surface area contributed by atoms with Gasteiger partial charge in [-0.15, -0.1) is 0 Å². The molecule has 1 N–H and O–H groups in total. The van der Waals surface area contributed by atoms with Gasteiger partial charge in [0.1, 0.15) is 6.61 Å². The second-order valence-electron chi connectivity index (χ2n) is 4.23. The topological polar surface area (TPSA) is 21.3 Å². The number of aryl methyl sites for hydroxylation is 1. The van der Waals surface area contributed by atoms with Gasteiger partial charge in [0.15, 0.2) is 0 Å². The van der Waals surface area contributed by atoms with Crippen LogP contribution < -0.4 is 5.32 Å². The number of rotatable bonds is 9. The summed E-state index contributed by atoms with van der Waals surface area (Å²) in [6, 6.07) is 1.86. The molecule has 19 heavy (non-hydrogen) atoms. The van der Waals surface area contributed by atoms with Gasteiger partial charge in [-0.3, -0.25) is 0 Å². The Morgan fingerprint density at radius 2 is 2.16 bits per heavy atom. The summed E-state index contributed by atoms with van der Waals surface area (Å²) in [5.74, 6) is -4.08. The Morgan fingerprint density at radius 1 is 1.42 bits per heavy atom. The van der Waals surface area contributed by atoms with Crippen molar-refractivity contribution in [3.63, 3.8) is 0 Å². The summed E-state index contributed by atoms with van der Waals surface area (Å²) in [5, 5.41) is 6.90. The highest BCUT2D eigenvalue weighted by molar-refractivity contribution is 7.07. The Labute approximate surface area is 113 Å². The number of alkyl halides is 4. The van der Waals surface area contributed by atoms with E-state index in [1.807, 2.05) is 16.8 Å². The normalized spacial score (nSPS) is 14.0. The smallest absolute Gasteiger partial charge is 0.330 e. The fourth-order valence-electron chi connectivity index (χ4n) is 1.49. The molecule has 7 heteroatoms. The molecule has 0 fully saturated rings. The number of nitrogens with one attached hydrogen (secondary N) is 1. The van der Waals surface area contributed by atoms with Crippen molar-refractivity contribution in [2.75, 3.05) is 20.3 Å². The lowest BCUT2D eigenvalue weighted by molar-refractivity contribution is -0.167. The molecule has 1 aromatic rings. The zero-order valence-electron chi connectivity index (χ0n) is 10.5. The first-order valence-corrected chi connectivity index (χ1v) is 6.82. The Balaban J connectivity index is 2.25. The van der Waals surface area contributed by atoms with Crippen molar-refractivity contribution in [3.8, 4) is 0 Å². The summed E-state index contributed by atoms with van der Waals surface area (Å²) in [7, 11) is 1.69. The molecule has 0 spiro atoms. The fraction of sp³-hybridized carbons (Fsp3) is 0.667. The van der Waals surface area contributed by atoms with Crippen LogP contribution in [0.2, 0.25) is 0 Å². The van der Waals surface area contributed by atoms with Crippen LogP contribution >= 0.6 is 11.3 Å². The van der Waals surface area contributed by atoms with Crippen LogP contribution in [-0.4, -0.2) is 38.7 Å². The SMILES string of the molecule is CNC(CCc1ccsc1)COCC(F)(F)C(F)F. The van der Waals surface area contributed by atoms with Gasteiger partial charge < -0.3 is 10.1 Å². The number of thiophene rings is 1. The molecular formula is C12H17F4NOS. The molecule has 1 rings (SSSR count). The minimum absolute atomic E-state index is 0.0110. The van der Waals surface area contributed by atoms with Crippen LogP contribution in [-0.2, 0) is 11.2 Å². The second kappa shape index (κ2) is 7.81. The highest BCUT2D eigenvalue weighted by Crippen LogP contribution is 2.23. The summed E-state index contributed by atoms with van der Waals surface area (Å²) in [5.41, 5.74) is 1.17. The first kappa shape index (κ1) is 16.4. The predicted octanol–water partition coefficient (Wildman–Crippen LogP) is 3.19. The maximum Gasteiger partial charge on any atom is 0.330 e. The lowest BCUT2D eigenvalue weighted by Gasteiger charge is -2.19. The molecule has 0 aliphatic rings. The van der Waals surface area contributed by atoms with Gasteiger partial charge in [0.05, 0.1) is 6.61 Å². The number of halogens is 4. The Kier molecular flexibility index (Phi) is 6.74. The summed E-state index contributed by atoms with van der Waals surface area (Å²) >= 11 is 1.59. The molecule has 0 radical (unpaired) electrons. The molecule has 0 aliphatic heterocycles. The van der Waals surface area contributed by atoms with Crippen molar-refractivity contribution in [2.45, 2.75) is 31.2 Å². The van der Waals surface area contributed by atoms with Gasteiger partial charge >= 0.3 is 12.3 Å². The molecule has 1 aromatic heterocycles. The number of ether oxygens (including phenoxy) is 1. The quantitative estimate of drug-likeness (QED) is 0.707. The molecule has 0 aliphatic carbocycles. The third-order valence-electron chi connectivity index (χ3n) is 2.70. The third kappa shape index (κ3) is 5.88. The Bertz CT molecular complexity index is 346. The van der Waals surface area contributed by atoms with Gasteiger partial charge in [-0.25, -0.2) is 8.78 Å². The molecule has 0 aromatic carbocycles. The van der Waals surface area contributed by atoms with Crippen LogP contribution in [0.3, 0.4) is 0 Å². The molecule has 0 amide bonds. The lowest BCUT2D eigenvalue weighted by Crippen LogP contribution is -2.36. The summed E-state index contributed by atoms with van der Waals surface area (Å²) in [6.45, 7) is -1.26. The van der Waals surface area contributed by atoms with Crippen molar-refractivity contribution in [1.29, 1.82) is 0 Å². The standard InChI is InChI=1S/C12H17F4NOS/c1-17-10(3-2-9-4-5-19-7-9)6-18-8-12(15,16)11(13)14/h4-5,7,10-11,17H,2-3,6,8H2,1H3. The summed E-state index contributed by atoms with van der Waals surface area (Å²) < 4.78 is 53.7. The van der Waals surface area contributed by atoms with Crippen molar-refractivity contribution >= 4 is 11.3 Å². The largest absolute Gasteiger partial charge is 0.373 e. The zero-order chi connectivity index (χ0) is 14.3. The minimum Gasteiger partial charge on any atom is -0.373 e. The lowest BCUT2D eigenvalue weighted by atomic mass is 10.1. The van der Waals surface area contributed by atoms with E-state index in [2.05, 4.69) is 5.32 Å². The van der Waals surface area contributed by atoms with E-state index in [0.29, 0.717) is 6.42 Å². The van der Waals surface area contributed by atoms with Crippen molar-refractivity contribution in [2.24, 2.45) is 0 Å². The summed E-state index contributed by atoms with van der Waals surface area (Å²) in [4.78, 5) is 0. The van der Waals surface area contributed by atoms with E-state index in [0.717, 1.165) is 6.42 Å². The minimum atomic E-state index is -4.08. The van der Waals surface area contributed by atoms with E-state index in [1.54, 1.807) is 18.4 Å².